The lowest BCUT2D eigenvalue weighted by Crippen LogP contribution is -2.50. The van der Waals surface area contributed by atoms with Gasteiger partial charge in [-0.25, -0.2) is 0 Å². The number of hydrogen-bond acceptors (Lipinski definition) is 0. The van der Waals surface area contributed by atoms with Crippen molar-refractivity contribution in [2.24, 2.45) is 0 Å². The molecule has 0 rings (SSSR count). The van der Waals surface area contributed by atoms with E-state index < -0.39 is 0 Å². The standard InChI is InChI=1S/C16H36N.31H2O/c1-5-9-13-17(14-10-6-2,15-11-7-3)16-12-8-4;;;;;;;;;;;;;;;;;;;;;;;;;;;;;;;/h5-16H2,1-4H3;31*1H2/q+1;;;;;;;;;;;;;;;;;;;;;;;;;;;;;;;. The number of unbranched alkanes of at least 4 members (excludes halogenated alkanes) is 4. The lowest BCUT2D eigenvalue weighted by atomic mass is 10.1. The van der Waals surface area contributed by atoms with Gasteiger partial charge in [0.2, 0.25) is 0 Å². The summed E-state index contributed by atoms with van der Waals surface area (Å²) in [5.41, 5.74) is 0. The van der Waals surface area contributed by atoms with Gasteiger partial charge in [-0.05, 0) is 25.7 Å². The monoisotopic (exact) mass is 801 g/mol. The third-order valence-electron chi connectivity index (χ3n) is 3.94. The molecule has 352 valence electrons. The molecule has 48 heavy (non-hydrogen) atoms. The SMILES string of the molecule is CCCC[N+](CCCC)(CCCC)CCCC.O.O.O.O.O.O.O.O.O.O.O.O.O.O.O.O.O.O.O.O.O.O.O.O.O.O.O.O.O.O.O. The first kappa shape index (κ1) is 451. The van der Waals surface area contributed by atoms with Crippen molar-refractivity contribution in [3.8, 4) is 0 Å². The highest BCUT2D eigenvalue weighted by molar-refractivity contribution is 4.49. The predicted molar refractivity (Wildman–Crippen MR) is 191 cm³/mol. The smallest absolute Gasteiger partial charge is 0.0786 e. The first-order valence-electron chi connectivity index (χ1n) is 8.09. The maximum atomic E-state index is 2.33. The van der Waals surface area contributed by atoms with E-state index in [4.69, 9.17) is 0 Å². The van der Waals surface area contributed by atoms with Crippen LogP contribution in [0.4, 0.5) is 0 Å². The summed E-state index contributed by atoms with van der Waals surface area (Å²) < 4.78 is 1.42. The molecule has 0 aliphatic carbocycles. The largest absolute Gasteiger partial charge is 0.412 e. The van der Waals surface area contributed by atoms with Crippen molar-refractivity contribution < 1.29 is 174 Å². The second-order valence-electron chi connectivity index (χ2n) is 5.65. The quantitative estimate of drug-likeness (QED) is 0.166. The van der Waals surface area contributed by atoms with Crippen LogP contribution in [-0.2, 0) is 0 Å². The molecule has 0 fully saturated rings. The number of hydrogen-bond donors (Lipinski definition) is 0. The van der Waals surface area contributed by atoms with Crippen molar-refractivity contribution in [1.29, 1.82) is 0 Å². The highest BCUT2D eigenvalue weighted by Crippen LogP contribution is 2.16. The third-order valence-corrected chi connectivity index (χ3v) is 3.94. The highest BCUT2D eigenvalue weighted by atomic mass is 16.0. The molecule has 62 N–H and O–H groups in total. The van der Waals surface area contributed by atoms with E-state index in [1.807, 2.05) is 0 Å². The average molecular weight is 801 g/mol. The summed E-state index contributed by atoms with van der Waals surface area (Å²) in [5.74, 6) is 0. The van der Waals surface area contributed by atoms with E-state index in [0.717, 1.165) is 0 Å². The van der Waals surface area contributed by atoms with Crippen LogP contribution in [0.5, 0.6) is 0 Å². The zero-order chi connectivity index (χ0) is 13.0. The molecule has 0 aliphatic heterocycles. The zero-order valence-corrected chi connectivity index (χ0v) is 28.4. The Hall–Kier alpha value is -1.28. The summed E-state index contributed by atoms with van der Waals surface area (Å²) >= 11 is 0. The Morgan fingerprint density at radius 3 is 0.333 bits per heavy atom. The van der Waals surface area contributed by atoms with Crippen molar-refractivity contribution in [3.05, 3.63) is 0 Å². The molecule has 0 aromatic rings. The van der Waals surface area contributed by atoms with Crippen LogP contribution >= 0.6 is 0 Å². The number of quaternary nitrogens is 1. The minimum atomic E-state index is 0. The van der Waals surface area contributed by atoms with Gasteiger partial charge in [-0.3, -0.25) is 0 Å². The number of rotatable bonds is 12. The van der Waals surface area contributed by atoms with Crippen molar-refractivity contribution in [2.75, 3.05) is 26.2 Å². The Kier molecular flexibility index (Phi) is 3070. The molecule has 0 atom stereocenters. The fourth-order valence-electron chi connectivity index (χ4n) is 2.64. The van der Waals surface area contributed by atoms with Crippen LogP contribution in [0, 0.1) is 0 Å². The zero-order valence-electron chi connectivity index (χ0n) is 28.4. The third kappa shape index (κ3) is 244. The summed E-state index contributed by atoms with van der Waals surface area (Å²) in [6.45, 7) is 15.0. The van der Waals surface area contributed by atoms with Crippen LogP contribution in [0.3, 0.4) is 0 Å². The van der Waals surface area contributed by atoms with Crippen molar-refractivity contribution in [3.63, 3.8) is 0 Å². The Morgan fingerprint density at radius 1 is 0.188 bits per heavy atom. The van der Waals surface area contributed by atoms with Crippen LogP contribution < -0.4 is 0 Å². The van der Waals surface area contributed by atoms with E-state index in [0.29, 0.717) is 0 Å². The van der Waals surface area contributed by atoms with E-state index in [-0.39, 0.29) is 170 Å². The highest BCUT2D eigenvalue weighted by Gasteiger charge is 2.24. The van der Waals surface area contributed by atoms with Gasteiger partial charge >= 0.3 is 0 Å². The average Bonchev–Trinajstić information content (AvgIpc) is 2.37. The molecule has 0 bridgehead atoms. The van der Waals surface area contributed by atoms with Gasteiger partial charge in [-0.15, -0.1) is 0 Å². The van der Waals surface area contributed by atoms with Crippen molar-refractivity contribution >= 4 is 0 Å². The van der Waals surface area contributed by atoms with Gasteiger partial charge in [-0.1, -0.05) is 53.4 Å². The van der Waals surface area contributed by atoms with Crippen LogP contribution in [-0.4, -0.2) is 200 Å². The molecule has 0 saturated heterocycles. The molecule has 0 spiro atoms. The van der Waals surface area contributed by atoms with Gasteiger partial charge in [0.05, 0.1) is 26.2 Å². The van der Waals surface area contributed by atoms with Crippen LogP contribution in [0.25, 0.3) is 0 Å². The maximum absolute atomic E-state index is 2.33. The van der Waals surface area contributed by atoms with E-state index in [1.54, 1.807) is 0 Å². The van der Waals surface area contributed by atoms with Crippen LogP contribution in [0.15, 0.2) is 0 Å². The summed E-state index contributed by atoms with van der Waals surface area (Å²) in [7, 11) is 0. The summed E-state index contributed by atoms with van der Waals surface area (Å²) in [6, 6.07) is 0. The molecule has 0 aromatic carbocycles. The fraction of sp³-hybridized carbons (Fsp3) is 1.00. The minimum Gasteiger partial charge on any atom is -0.412 e. The van der Waals surface area contributed by atoms with Crippen LogP contribution in [0.1, 0.15) is 79.1 Å². The van der Waals surface area contributed by atoms with E-state index in [2.05, 4.69) is 27.7 Å². The van der Waals surface area contributed by atoms with Gasteiger partial charge in [0.25, 0.3) is 0 Å². The summed E-state index contributed by atoms with van der Waals surface area (Å²) in [4.78, 5) is 0. The lowest BCUT2D eigenvalue weighted by molar-refractivity contribution is -0.929. The fourth-order valence-corrected chi connectivity index (χ4v) is 2.64. The molecule has 0 aromatic heterocycles. The maximum Gasteiger partial charge on any atom is 0.0786 e. The molecule has 0 saturated carbocycles. The molecule has 0 heterocycles. The molecule has 32 nitrogen and oxygen atoms in total. The Balaban J connectivity index is -0.00000000275. The first-order valence-corrected chi connectivity index (χ1v) is 8.09. The summed E-state index contributed by atoms with van der Waals surface area (Å²) in [6.07, 6.45) is 11.1. The van der Waals surface area contributed by atoms with Crippen molar-refractivity contribution in [2.45, 2.75) is 79.1 Å². The normalized spacial score (nSPS) is 4.25. The topological polar surface area (TPSA) is 976 Å². The molecule has 0 aliphatic rings. The second kappa shape index (κ2) is 327. The van der Waals surface area contributed by atoms with Gasteiger partial charge in [0.1, 0.15) is 0 Å². The van der Waals surface area contributed by atoms with Gasteiger partial charge in [-0.2, -0.15) is 0 Å². The second-order valence-corrected chi connectivity index (χ2v) is 5.65. The Labute approximate surface area is 280 Å². The molecular formula is C16H98NO31+. The molecule has 0 unspecified atom stereocenters. The van der Waals surface area contributed by atoms with Gasteiger partial charge < -0.3 is 174 Å². The molecule has 32 heteroatoms. The summed E-state index contributed by atoms with van der Waals surface area (Å²) in [5, 5.41) is 0. The first-order chi connectivity index (χ1) is 8.24. The predicted octanol–water partition coefficient (Wildman–Crippen LogP) is -20.6. The van der Waals surface area contributed by atoms with Crippen LogP contribution in [0.2, 0.25) is 0 Å². The van der Waals surface area contributed by atoms with E-state index in [9.17, 15) is 0 Å². The Bertz CT molecular complexity index is 161. The van der Waals surface area contributed by atoms with Gasteiger partial charge in [0, 0.05) is 0 Å². The van der Waals surface area contributed by atoms with E-state index >= 15 is 0 Å². The number of nitrogens with zero attached hydrogens (tertiary/aromatic N) is 1. The minimum absolute atomic E-state index is 0. The van der Waals surface area contributed by atoms with Gasteiger partial charge in [0.15, 0.2) is 0 Å². The molecule has 0 amide bonds. The van der Waals surface area contributed by atoms with Crippen molar-refractivity contribution in [1.82, 2.24) is 0 Å². The molecule has 0 radical (unpaired) electrons. The van der Waals surface area contributed by atoms with E-state index in [1.165, 1.54) is 82.0 Å². The molecular weight excluding hydrogens is 702 g/mol. The lowest BCUT2D eigenvalue weighted by Gasteiger charge is -2.39. The Morgan fingerprint density at radius 2 is 0.271 bits per heavy atom.